The molecule has 1 amide bonds. The number of amides is 1. The Bertz CT molecular complexity index is 224. The number of rotatable bonds is 7. The number of ether oxygens (including phenoxy) is 2. The molecule has 0 aliphatic carbocycles. The molecule has 1 N–H and O–H groups in total. The van der Waals surface area contributed by atoms with Gasteiger partial charge in [0, 0.05) is 39.7 Å². The zero-order valence-electron chi connectivity index (χ0n) is 10.9. The number of hydrogen-bond donors (Lipinski definition) is 1. The Morgan fingerprint density at radius 3 is 3.06 bits per heavy atom. The maximum absolute atomic E-state index is 10.8. The van der Waals surface area contributed by atoms with Crippen LogP contribution in [-0.4, -0.2) is 62.9 Å². The topological polar surface area (TPSA) is 50.8 Å². The minimum absolute atomic E-state index is 0.00278. The summed E-state index contributed by atoms with van der Waals surface area (Å²) >= 11 is 0. The molecular formula is C12H24N2O3. The van der Waals surface area contributed by atoms with Crippen LogP contribution in [0.5, 0.6) is 0 Å². The molecule has 1 saturated heterocycles. The normalized spacial score (nSPS) is 21.4. The van der Waals surface area contributed by atoms with Crippen molar-refractivity contribution < 1.29 is 14.3 Å². The molecule has 0 aromatic heterocycles. The molecule has 1 unspecified atom stereocenters. The van der Waals surface area contributed by atoms with E-state index in [2.05, 4.69) is 17.1 Å². The molecule has 0 saturated carbocycles. The van der Waals surface area contributed by atoms with Crippen LogP contribution in [0.25, 0.3) is 0 Å². The number of carbonyl (C=O) groups excluding carboxylic acids is 1. The van der Waals surface area contributed by atoms with Crippen molar-refractivity contribution in [1.29, 1.82) is 0 Å². The predicted molar refractivity (Wildman–Crippen MR) is 66.0 cm³/mol. The number of nitrogens with one attached hydrogen (secondary N) is 1. The molecule has 1 aliphatic heterocycles. The lowest BCUT2D eigenvalue weighted by atomic mass is 10.2. The summed E-state index contributed by atoms with van der Waals surface area (Å²) in [5, 5.41) is 2.79. The number of hydrogen-bond acceptors (Lipinski definition) is 4. The second kappa shape index (κ2) is 8.44. The first-order valence-corrected chi connectivity index (χ1v) is 6.38. The van der Waals surface area contributed by atoms with E-state index in [9.17, 15) is 4.79 Å². The number of nitrogens with zero attached hydrogens (tertiary/aromatic N) is 1. The van der Waals surface area contributed by atoms with Crippen molar-refractivity contribution in [3.05, 3.63) is 0 Å². The highest BCUT2D eigenvalue weighted by Gasteiger charge is 2.19. The Morgan fingerprint density at radius 2 is 2.35 bits per heavy atom. The van der Waals surface area contributed by atoms with Crippen molar-refractivity contribution in [3.8, 4) is 0 Å². The molecule has 100 valence electrons. The largest absolute Gasteiger partial charge is 0.380 e. The van der Waals surface area contributed by atoms with Gasteiger partial charge in [0.15, 0.2) is 0 Å². The zero-order chi connectivity index (χ0) is 12.5. The van der Waals surface area contributed by atoms with Crippen molar-refractivity contribution in [2.24, 2.45) is 0 Å². The third-order valence-electron chi connectivity index (χ3n) is 2.70. The van der Waals surface area contributed by atoms with Gasteiger partial charge < -0.3 is 14.8 Å². The summed E-state index contributed by atoms with van der Waals surface area (Å²) in [4.78, 5) is 13.1. The Kier molecular flexibility index (Phi) is 7.16. The fourth-order valence-electron chi connectivity index (χ4n) is 1.80. The van der Waals surface area contributed by atoms with E-state index in [-0.39, 0.29) is 12.0 Å². The van der Waals surface area contributed by atoms with Gasteiger partial charge in [-0.25, -0.2) is 0 Å². The third-order valence-corrected chi connectivity index (χ3v) is 2.70. The van der Waals surface area contributed by atoms with Crippen LogP contribution in [0.15, 0.2) is 0 Å². The molecule has 0 aromatic carbocycles. The van der Waals surface area contributed by atoms with E-state index in [1.807, 2.05) is 0 Å². The van der Waals surface area contributed by atoms with Crippen LogP contribution in [0.3, 0.4) is 0 Å². The highest BCUT2D eigenvalue weighted by molar-refractivity contribution is 5.72. The van der Waals surface area contributed by atoms with E-state index in [0.717, 1.165) is 45.9 Å². The molecule has 5 nitrogen and oxygen atoms in total. The molecule has 1 atom stereocenters. The third kappa shape index (κ3) is 6.61. The van der Waals surface area contributed by atoms with E-state index < -0.39 is 0 Å². The van der Waals surface area contributed by atoms with E-state index in [0.29, 0.717) is 6.54 Å². The second-order valence-corrected chi connectivity index (χ2v) is 4.34. The average molecular weight is 244 g/mol. The van der Waals surface area contributed by atoms with Crippen LogP contribution in [0.2, 0.25) is 0 Å². The van der Waals surface area contributed by atoms with Crippen molar-refractivity contribution in [2.45, 2.75) is 26.4 Å². The molecule has 0 spiro atoms. The lowest BCUT2D eigenvalue weighted by Crippen LogP contribution is -2.48. The summed E-state index contributed by atoms with van der Waals surface area (Å²) in [5.41, 5.74) is 0. The number of carbonyl (C=O) groups is 1. The number of morpholine rings is 1. The Labute approximate surface area is 103 Å². The Morgan fingerprint density at radius 1 is 1.53 bits per heavy atom. The Balaban J connectivity index is 2.12. The van der Waals surface area contributed by atoms with Crippen LogP contribution in [0, 0.1) is 0 Å². The van der Waals surface area contributed by atoms with Gasteiger partial charge in [0.05, 0.1) is 19.3 Å². The second-order valence-electron chi connectivity index (χ2n) is 4.34. The van der Waals surface area contributed by atoms with E-state index in [4.69, 9.17) is 9.47 Å². The van der Waals surface area contributed by atoms with Crippen molar-refractivity contribution >= 4 is 5.91 Å². The summed E-state index contributed by atoms with van der Waals surface area (Å²) in [7, 11) is 0. The van der Waals surface area contributed by atoms with E-state index in [1.54, 1.807) is 0 Å². The first-order valence-electron chi connectivity index (χ1n) is 6.38. The molecule has 1 heterocycles. The van der Waals surface area contributed by atoms with Crippen molar-refractivity contribution in [1.82, 2.24) is 10.2 Å². The van der Waals surface area contributed by atoms with Gasteiger partial charge in [-0.3, -0.25) is 9.69 Å². The molecule has 0 aromatic rings. The summed E-state index contributed by atoms with van der Waals surface area (Å²) in [6, 6.07) is 0. The van der Waals surface area contributed by atoms with Gasteiger partial charge in [-0.05, 0) is 6.42 Å². The maximum atomic E-state index is 10.8. The van der Waals surface area contributed by atoms with E-state index >= 15 is 0 Å². The minimum Gasteiger partial charge on any atom is -0.380 e. The van der Waals surface area contributed by atoms with Gasteiger partial charge in [0.25, 0.3) is 0 Å². The maximum Gasteiger partial charge on any atom is 0.216 e. The Hall–Kier alpha value is -0.650. The molecule has 5 heteroatoms. The fourth-order valence-corrected chi connectivity index (χ4v) is 1.80. The summed E-state index contributed by atoms with van der Waals surface area (Å²) in [6.07, 6.45) is 1.17. The fraction of sp³-hybridized carbons (Fsp3) is 0.917. The standard InChI is InChI=1S/C12H24N2O3/c1-3-6-16-7-4-14-5-8-17-12(10-14)9-13-11(2)15/h12H,3-10H2,1-2H3,(H,13,15). The quantitative estimate of drug-likeness (QED) is 0.652. The summed E-state index contributed by atoms with van der Waals surface area (Å²) in [5.74, 6) is -0.00278. The molecule has 0 bridgehead atoms. The van der Waals surface area contributed by atoms with Crippen LogP contribution < -0.4 is 5.32 Å². The van der Waals surface area contributed by atoms with Crippen molar-refractivity contribution in [3.63, 3.8) is 0 Å². The van der Waals surface area contributed by atoms with Crippen LogP contribution in [0.4, 0.5) is 0 Å². The van der Waals surface area contributed by atoms with Gasteiger partial charge >= 0.3 is 0 Å². The molecule has 1 rings (SSSR count). The summed E-state index contributed by atoms with van der Waals surface area (Å²) < 4.78 is 11.1. The highest BCUT2D eigenvalue weighted by atomic mass is 16.5. The SMILES string of the molecule is CCCOCCN1CCOC(CNC(C)=O)C1. The predicted octanol–water partition coefficient (Wildman–Crippen LogP) is 0.250. The first kappa shape index (κ1) is 14.4. The van der Waals surface area contributed by atoms with Gasteiger partial charge in [-0.1, -0.05) is 6.92 Å². The molecule has 17 heavy (non-hydrogen) atoms. The van der Waals surface area contributed by atoms with Crippen LogP contribution >= 0.6 is 0 Å². The highest BCUT2D eigenvalue weighted by Crippen LogP contribution is 2.04. The molecular weight excluding hydrogens is 220 g/mol. The van der Waals surface area contributed by atoms with Gasteiger partial charge in [-0.2, -0.15) is 0 Å². The smallest absolute Gasteiger partial charge is 0.216 e. The molecule has 1 fully saturated rings. The molecule has 0 radical (unpaired) electrons. The van der Waals surface area contributed by atoms with Gasteiger partial charge in [0.2, 0.25) is 5.91 Å². The van der Waals surface area contributed by atoms with Gasteiger partial charge in [0.1, 0.15) is 0 Å². The lowest BCUT2D eigenvalue weighted by molar-refractivity contribution is -0.120. The zero-order valence-corrected chi connectivity index (χ0v) is 10.9. The lowest BCUT2D eigenvalue weighted by Gasteiger charge is -2.32. The van der Waals surface area contributed by atoms with E-state index in [1.165, 1.54) is 6.92 Å². The minimum atomic E-state index is -0.00278. The monoisotopic (exact) mass is 244 g/mol. The summed E-state index contributed by atoms with van der Waals surface area (Å²) in [6.45, 7) is 9.35. The van der Waals surface area contributed by atoms with Gasteiger partial charge in [-0.15, -0.1) is 0 Å². The average Bonchev–Trinajstić information content (AvgIpc) is 2.33. The first-order chi connectivity index (χ1) is 8.22. The van der Waals surface area contributed by atoms with Crippen molar-refractivity contribution in [2.75, 3.05) is 46.0 Å². The van der Waals surface area contributed by atoms with Crippen LogP contribution in [0.1, 0.15) is 20.3 Å². The molecule has 1 aliphatic rings. The van der Waals surface area contributed by atoms with Crippen LogP contribution in [-0.2, 0) is 14.3 Å².